The molecule has 0 amide bonds. The largest absolute Gasteiger partial charge is 0.339 e. The molecular formula is C19H17BrFN7O2S. The van der Waals surface area contributed by atoms with Crippen molar-refractivity contribution >= 4 is 60.0 Å². The molecule has 9 nitrogen and oxygen atoms in total. The smallest absolute Gasteiger partial charge is 0.229 e. The molecule has 0 fully saturated rings. The van der Waals surface area contributed by atoms with Crippen LogP contribution in [0.15, 0.2) is 53.3 Å². The molecule has 31 heavy (non-hydrogen) atoms. The summed E-state index contributed by atoms with van der Waals surface area (Å²) in [4.78, 5) is 8.66. The number of nitrogens with zero attached hydrogens (tertiary/aromatic N) is 4. The average Bonchev–Trinajstić information content (AvgIpc) is 3.07. The first-order chi connectivity index (χ1) is 14.7. The SMILES string of the molecule is Cn1ncc2ccc(Nc3ncc(Br)c(Nc4cccc(F)c4CS(N)(=O)=O)n3)cc21. The van der Waals surface area contributed by atoms with Crippen molar-refractivity contribution in [2.45, 2.75) is 5.75 Å². The quantitative estimate of drug-likeness (QED) is 0.365. The Bertz CT molecular complexity index is 1390. The monoisotopic (exact) mass is 505 g/mol. The molecule has 2 heterocycles. The van der Waals surface area contributed by atoms with Gasteiger partial charge in [-0.15, -0.1) is 0 Å². The normalized spacial score (nSPS) is 11.6. The second-order valence-electron chi connectivity index (χ2n) is 6.76. The summed E-state index contributed by atoms with van der Waals surface area (Å²) < 4.78 is 39.5. The van der Waals surface area contributed by atoms with Gasteiger partial charge >= 0.3 is 0 Å². The number of hydrogen-bond donors (Lipinski definition) is 3. The summed E-state index contributed by atoms with van der Waals surface area (Å²) in [6.45, 7) is 0. The van der Waals surface area contributed by atoms with Crippen LogP contribution in [-0.2, 0) is 22.8 Å². The minimum atomic E-state index is -3.93. The summed E-state index contributed by atoms with van der Waals surface area (Å²) in [5, 5.41) is 16.4. The molecule has 0 radical (unpaired) electrons. The van der Waals surface area contributed by atoms with E-state index in [1.807, 2.05) is 25.2 Å². The predicted octanol–water partition coefficient (Wildman–Crippen LogP) is 3.54. The molecule has 0 saturated carbocycles. The standard InChI is InChI=1S/C19H17BrFN7O2S/c1-28-17-7-12(6-5-11(17)8-24-28)25-19-23-9-14(20)18(27-19)26-16-4-2-3-15(21)13(16)10-31(22,29)30/h2-9H,10H2,1H3,(H2,22,29,30)(H2,23,25,26,27). The molecule has 0 aliphatic heterocycles. The first-order valence-electron chi connectivity index (χ1n) is 8.96. The predicted molar refractivity (Wildman–Crippen MR) is 120 cm³/mol. The summed E-state index contributed by atoms with van der Waals surface area (Å²) in [6.07, 6.45) is 3.30. The van der Waals surface area contributed by atoms with Crippen LogP contribution in [0.5, 0.6) is 0 Å². The van der Waals surface area contributed by atoms with Gasteiger partial charge < -0.3 is 10.6 Å². The molecule has 2 aromatic carbocycles. The fraction of sp³-hybridized carbons (Fsp3) is 0.105. The first-order valence-corrected chi connectivity index (χ1v) is 11.5. The summed E-state index contributed by atoms with van der Waals surface area (Å²) in [7, 11) is -2.08. The van der Waals surface area contributed by atoms with E-state index in [4.69, 9.17) is 5.14 Å². The van der Waals surface area contributed by atoms with E-state index >= 15 is 0 Å². The van der Waals surface area contributed by atoms with E-state index in [1.165, 1.54) is 18.3 Å². The van der Waals surface area contributed by atoms with Gasteiger partial charge in [0.25, 0.3) is 0 Å². The zero-order valence-electron chi connectivity index (χ0n) is 16.2. The lowest BCUT2D eigenvalue weighted by Crippen LogP contribution is -2.16. The molecule has 0 aliphatic carbocycles. The van der Waals surface area contributed by atoms with Crippen LogP contribution in [-0.4, -0.2) is 28.2 Å². The van der Waals surface area contributed by atoms with Crippen molar-refractivity contribution in [3.05, 3.63) is 64.6 Å². The van der Waals surface area contributed by atoms with Gasteiger partial charge in [0.2, 0.25) is 16.0 Å². The lowest BCUT2D eigenvalue weighted by Gasteiger charge is -2.14. The molecule has 2 aromatic heterocycles. The van der Waals surface area contributed by atoms with E-state index in [0.29, 0.717) is 10.3 Å². The molecule has 4 aromatic rings. The van der Waals surface area contributed by atoms with Gasteiger partial charge in [-0.2, -0.15) is 10.1 Å². The number of fused-ring (bicyclic) bond motifs is 1. The Morgan fingerprint density at radius 3 is 2.77 bits per heavy atom. The van der Waals surface area contributed by atoms with Crippen LogP contribution in [0.25, 0.3) is 10.9 Å². The van der Waals surface area contributed by atoms with Gasteiger partial charge in [0, 0.05) is 35.6 Å². The summed E-state index contributed by atoms with van der Waals surface area (Å²) in [5.74, 6) is -0.732. The van der Waals surface area contributed by atoms with Crippen LogP contribution < -0.4 is 15.8 Å². The van der Waals surface area contributed by atoms with E-state index in [1.54, 1.807) is 16.9 Å². The number of anilines is 4. The molecule has 0 bridgehead atoms. The molecule has 4 N–H and O–H groups in total. The third kappa shape index (κ3) is 4.81. The maximum absolute atomic E-state index is 14.3. The van der Waals surface area contributed by atoms with Crippen LogP contribution in [0.3, 0.4) is 0 Å². The average molecular weight is 506 g/mol. The first kappa shape index (κ1) is 21.2. The number of nitrogens with two attached hydrogens (primary N) is 1. The Balaban J connectivity index is 1.64. The Morgan fingerprint density at radius 1 is 1.19 bits per heavy atom. The van der Waals surface area contributed by atoms with Crippen LogP contribution >= 0.6 is 15.9 Å². The van der Waals surface area contributed by atoms with Crippen molar-refractivity contribution < 1.29 is 12.8 Å². The van der Waals surface area contributed by atoms with Crippen LogP contribution in [0.2, 0.25) is 0 Å². The number of primary sulfonamides is 1. The van der Waals surface area contributed by atoms with Gasteiger partial charge in [-0.25, -0.2) is 22.9 Å². The van der Waals surface area contributed by atoms with Gasteiger partial charge in [0.1, 0.15) is 11.6 Å². The van der Waals surface area contributed by atoms with Gasteiger partial charge in [-0.05, 0) is 46.3 Å². The van der Waals surface area contributed by atoms with E-state index in [2.05, 4.69) is 41.6 Å². The van der Waals surface area contributed by atoms with Crippen LogP contribution in [0.1, 0.15) is 5.56 Å². The Kier molecular flexibility index (Phi) is 5.60. The fourth-order valence-corrected chi connectivity index (χ4v) is 4.00. The number of hydrogen-bond acceptors (Lipinski definition) is 7. The topological polar surface area (TPSA) is 128 Å². The van der Waals surface area contributed by atoms with Gasteiger partial charge in [-0.3, -0.25) is 4.68 Å². The van der Waals surface area contributed by atoms with E-state index in [9.17, 15) is 12.8 Å². The number of nitrogens with one attached hydrogen (secondary N) is 2. The van der Waals surface area contributed by atoms with Crippen molar-refractivity contribution in [3.8, 4) is 0 Å². The van der Waals surface area contributed by atoms with Gasteiger partial charge in [-0.1, -0.05) is 6.07 Å². The molecule has 0 unspecified atom stereocenters. The van der Waals surface area contributed by atoms with Crippen molar-refractivity contribution in [2.24, 2.45) is 12.2 Å². The molecule has 12 heteroatoms. The Labute approximate surface area is 185 Å². The van der Waals surface area contributed by atoms with Crippen molar-refractivity contribution in [1.82, 2.24) is 19.7 Å². The maximum Gasteiger partial charge on any atom is 0.229 e. The summed E-state index contributed by atoms with van der Waals surface area (Å²) in [5.41, 5.74) is 1.85. The number of rotatable bonds is 6. The highest BCUT2D eigenvalue weighted by Gasteiger charge is 2.16. The molecule has 0 spiro atoms. The number of halogens is 2. The number of aryl methyl sites for hydroxylation is 1. The van der Waals surface area contributed by atoms with Gasteiger partial charge in [0.05, 0.1) is 21.9 Å². The van der Waals surface area contributed by atoms with Gasteiger partial charge in [0.15, 0.2) is 0 Å². The molecule has 160 valence electrons. The molecule has 0 saturated heterocycles. The minimum Gasteiger partial charge on any atom is -0.339 e. The van der Waals surface area contributed by atoms with Crippen LogP contribution in [0.4, 0.5) is 27.5 Å². The van der Waals surface area contributed by atoms with Crippen molar-refractivity contribution in [1.29, 1.82) is 0 Å². The van der Waals surface area contributed by atoms with E-state index in [0.717, 1.165) is 16.6 Å². The molecule has 0 aliphatic rings. The third-order valence-electron chi connectivity index (χ3n) is 4.47. The zero-order chi connectivity index (χ0) is 22.2. The lowest BCUT2D eigenvalue weighted by atomic mass is 10.2. The van der Waals surface area contributed by atoms with Crippen molar-refractivity contribution in [2.75, 3.05) is 10.6 Å². The maximum atomic E-state index is 14.3. The highest BCUT2D eigenvalue weighted by Crippen LogP contribution is 2.29. The Morgan fingerprint density at radius 2 is 2.00 bits per heavy atom. The fourth-order valence-electron chi connectivity index (χ4n) is 3.02. The number of aromatic nitrogens is 4. The third-order valence-corrected chi connectivity index (χ3v) is 5.74. The van der Waals surface area contributed by atoms with E-state index in [-0.39, 0.29) is 17.2 Å². The highest BCUT2D eigenvalue weighted by molar-refractivity contribution is 9.10. The zero-order valence-corrected chi connectivity index (χ0v) is 18.6. The van der Waals surface area contributed by atoms with E-state index < -0.39 is 21.6 Å². The van der Waals surface area contributed by atoms with Crippen molar-refractivity contribution in [3.63, 3.8) is 0 Å². The molecule has 4 rings (SSSR count). The second kappa shape index (κ2) is 8.21. The second-order valence-corrected chi connectivity index (χ2v) is 9.22. The highest BCUT2D eigenvalue weighted by atomic mass is 79.9. The number of sulfonamides is 1. The minimum absolute atomic E-state index is 0.0771. The number of benzene rings is 2. The summed E-state index contributed by atoms with van der Waals surface area (Å²) >= 11 is 3.35. The lowest BCUT2D eigenvalue weighted by molar-refractivity contribution is 0.588. The molecular weight excluding hydrogens is 489 g/mol. The Hall–Kier alpha value is -3.09. The van der Waals surface area contributed by atoms with Crippen LogP contribution in [0, 0.1) is 5.82 Å². The molecule has 0 atom stereocenters. The summed E-state index contributed by atoms with van der Waals surface area (Å²) in [6, 6.07) is 9.89.